The molecule has 2 saturated carbocycles. The van der Waals surface area contributed by atoms with Crippen LogP contribution in [0.2, 0.25) is 0 Å². The predicted molar refractivity (Wildman–Crippen MR) is 236 cm³/mol. The second kappa shape index (κ2) is 15.8. The molecular formula is C49H65FN6O4. The maximum atomic E-state index is 14.6. The van der Waals surface area contributed by atoms with E-state index in [1.165, 1.54) is 7.11 Å². The van der Waals surface area contributed by atoms with Crippen molar-refractivity contribution in [1.82, 2.24) is 25.3 Å². The molecule has 4 aromatic rings. The molecule has 0 saturated heterocycles. The standard InChI is InChI=1S/C49H65FN6O4/c1-12-48(59-10,27-46(8)17-18-46)43(58)56-41(45(5,6)7)37-23-32-21-30(13-15-34(32)53-37)38-25-52-39(26-51-38)31-14-16-35-36(22-31)55-42(54-35)33(44(2,3)4)24-40(57)49(29-50,60-11)28-47(9)19-20-47/h13-16,21-22,25-26,33,41H,12,17-20,23-24,27-29H2,1-11H3,(H,54,55)(H,56,58)/t33-,41-,48?,49?/m1/s1. The second-order valence-corrected chi connectivity index (χ2v) is 20.9. The van der Waals surface area contributed by atoms with Crippen molar-refractivity contribution in [3.63, 3.8) is 0 Å². The molecule has 1 aliphatic heterocycles. The molecule has 0 spiro atoms. The van der Waals surface area contributed by atoms with Gasteiger partial charge in [-0.3, -0.25) is 24.5 Å². The van der Waals surface area contributed by atoms with Crippen molar-refractivity contribution in [3.8, 4) is 22.5 Å². The minimum absolute atomic E-state index is 0.0512. The monoisotopic (exact) mass is 821 g/mol. The van der Waals surface area contributed by atoms with Gasteiger partial charge in [0.25, 0.3) is 5.91 Å². The Morgan fingerprint density at radius 1 is 0.850 bits per heavy atom. The van der Waals surface area contributed by atoms with E-state index in [0.717, 1.165) is 70.5 Å². The summed E-state index contributed by atoms with van der Waals surface area (Å²) >= 11 is 0. The number of nitrogens with one attached hydrogen (secondary N) is 2. The van der Waals surface area contributed by atoms with Crippen LogP contribution in [0.4, 0.5) is 10.1 Å². The van der Waals surface area contributed by atoms with E-state index in [0.29, 0.717) is 37.2 Å². The fourth-order valence-electron chi connectivity index (χ4n) is 9.07. The average Bonchev–Trinajstić information content (AvgIpc) is 4.01. The molecule has 3 heterocycles. The summed E-state index contributed by atoms with van der Waals surface area (Å²) in [5, 5.41) is 3.39. The van der Waals surface area contributed by atoms with Crippen molar-refractivity contribution >= 4 is 34.1 Å². The lowest BCUT2D eigenvalue weighted by Gasteiger charge is -2.38. The first-order chi connectivity index (χ1) is 28.2. The van der Waals surface area contributed by atoms with Gasteiger partial charge in [-0.2, -0.15) is 0 Å². The van der Waals surface area contributed by atoms with E-state index in [4.69, 9.17) is 29.4 Å². The van der Waals surface area contributed by atoms with E-state index in [1.54, 1.807) is 19.5 Å². The molecule has 2 fully saturated rings. The first-order valence-electron chi connectivity index (χ1n) is 21.7. The molecule has 0 bridgehead atoms. The van der Waals surface area contributed by atoms with Crippen LogP contribution in [0.3, 0.4) is 0 Å². The van der Waals surface area contributed by atoms with E-state index in [9.17, 15) is 14.0 Å². The number of Topliss-reactive ketones (excluding diaryl/α,β-unsaturated/α-hetero) is 1. The number of aromatic amines is 1. The minimum atomic E-state index is -1.44. The Morgan fingerprint density at radius 3 is 1.95 bits per heavy atom. The van der Waals surface area contributed by atoms with Crippen LogP contribution in [0, 0.1) is 21.7 Å². The number of hydrogen-bond donors (Lipinski definition) is 2. The molecular weight excluding hydrogens is 756 g/mol. The fraction of sp³-hybridized carbons (Fsp3) is 0.592. The summed E-state index contributed by atoms with van der Waals surface area (Å²) in [6, 6.07) is 11.8. The van der Waals surface area contributed by atoms with Crippen LogP contribution in [0.5, 0.6) is 0 Å². The van der Waals surface area contributed by atoms with Gasteiger partial charge in [0, 0.05) is 49.8 Å². The number of carbonyl (C=O) groups is 2. The Kier molecular flexibility index (Phi) is 11.5. The van der Waals surface area contributed by atoms with Crippen molar-refractivity contribution in [2.75, 3.05) is 20.9 Å². The van der Waals surface area contributed by atoms with Gasteiger partial charge in [-0.1, -0.05) is 74.4 Å². The number of aliphatic imine (C=N–C) groups is 1. The number of imidazole rings is 1. The highest BCUT2D eigenvalue weighted by atomic mass is 19.1. The van der Waals surface area contributed by atoms with Crippen LogP contribution in [0.15, 0.2) is 53.8 Å². The Labute approximate surface area is 355 Å². The number of amides is 1. The third-order valence-electron chi connectivity index (χ3n) is 13.8. The van der Waals surface area contributed by atoms with E-state index < -0.39 is 17.9 Å². The number of nitrogens with zero attached hydrogens (tertiary/aromatic N) is 4. The van der Waals surface area contributed by atoms with Crippen LogP contribution in [-0.4, -0.2) is 75.5 Å². The number of alkyl halides is 1. The normalized spacial score (nSPS) is 19.8. The largest absolute Gasteiger partial charge is 0.368 e. The van der Waals surface area contributed by atoms with Crippen molar-refractivity contribution < 1.29 is 23.5 Å². The van der Waals surface area contributed by atoms with Gasteiger partial charge in [0.2, 0.25) is 0 Å². The molecule has 2 unspecified atom stereocenters. The van der Waals surface area contributed by atoms with Gasteiger partial charge in [-0.25, -0.2) is 9.37 Å². The SMILES string of the molecule is CCC(CC1(C)CC1)(OC)C(=O)N[C@H](C1=Nc2ccc(-c3cnc(-c4ccc5nc([C@@H](CC(=O)C(CF)(CC6(C)CC6)OC)C(C)(C)C)[nH]c5c4)cn3)cc2C1)C(C)(C)C. The lowest BCUT2D eigenvalue weighted by molar-refractivity contribution is -0.148. The number of H-pyrrole nitrogens is 1. The topological polar surface area (TPSA) is 131 Å². The third kappa shape index (κ3) is 8.85. The smallest absolute Gasteiger partial charge is 0.252 e. The van der Waals surface area contributed by atoms with E-state index in [1.807, 2.05) is 37.3 Å². The molecule has 60 heavy (non-hydrogen) atoms. The number of aromatic nitrogens is 4. The number of benzene rings is 2. The highest BCUT2D eigenvalue weighted by Crippen LogP contribution is 2.53. The van der Waals surface area contributed by atoms with Crippen LogP contribution >= 0.6 is 0 Å². The zero-order valence-corrected chi connectivity index (χ0v) is 37.6. The van der Waals surface area contributed by atoms with Gasteiger partial charge in [0.05, 0.1) is 46.5 Å². The Morgan fingerprint density at radius 2 is 1.43 bits per heavy atom. The molecule has 4 atom stereocenters. The lowest BCUT2D eigenvalue weighted by Crippen LogP contribution is -2.57. The fourth-order valence-corrected chi connectivity index (χ4v) is 9.07. The second-order valence-electron chi connectivity index (χ2n) is 20.9. The molecule has 2 aromatic carbocycles. The van der Waals surface area contributed by atoms with Crippen LogP contribution in [-0.2, 0) is 25.5 Å². The Bertz CT molecular complexity index is 2270. The summed E-state index contributed by atoms with van der Waals surface area (Å²) in [6.07, 6.45) is 10.2. The molecule has 2 aliphatic carbocycles. The number of rotatable bonds is 17. The molecule has 2 aromatic heterocycles. The zero-order chi connectivity index (χ0) is 43.5. The third-order valence-corrected chi connectivity index (χ3v) is 13.8. The predicted octanol–water partition coefficient (Wildman–Crippen LogP) is 10.5. The molecule has 7 rings (SSSR count). The van der Waals surface area contributed by atoms with E-state index in [-0.39, 0.29) is 51.7 Å². The van der Waals surface area contributed by atoms with Gasteiger partial charge in [-0.15, -0.1) is 0 Å². The molecule has 1 amide bonds. The van der Waals surface area contributed by atoms with E-state index >= 15 is 0 Å². The van der Waals surface area contributed by atoms with Gasteiger partial charge in [0.15, 0.2) is 11.4 Å². The highest BCUT2D eigenvalue weighted by Gasteiger charge is 2.52. The first-order valence-corrected chi connectivity index (χ1v) is 21.7. The summed E-state index contributed by atoms with van der Waals surface area (Å²) in [7, 11) is 3.11. The van der Waals surface area contributed by atoms with E-state index in [2.05, 4.69) is 71.8 Å². The zero-order valence-electron chi connectivity index (χ0n) is 37.6. The maximum absolute atomic E-state index is 14.6. The minimum Gasteiger partial charge on any atom is -0.368 e. The summed E-state index contributed by atoms with van der Waals surface area (Å²) in [5.41, 5.74) is 4.99. The maximum Gasteiger partial charge on any atom is 0.252 e. The van der Waals surface area contributed by atoms with Crippen molar-refractivity contribution in [2.24, 2.45) is 26.7 Å². The average molecular weight is 821 g/mol. The Balaban J connectivity index is 1.06. The first kappa shape index (κ1) is 43.7. The van der Waals surface area contributed by atoms with Crippen molar-refractivity contribution in [1.29, 1.82) is 0 Å². The molecule has 11 heteroatoms. The van der Waals surface area contributed by atoms with Crippen molar-refractivity contribution in [2.45, 2.75) is 143 Å². The van der Waals surface area contributed by atoms with Gasteiger partial charge < -0.3 is 19.8 Å². The Hall–Kier alpha value is -4.35. The molecule has 3 aliphatic rings. The summed E-state index contributed by atoms with van der Waals surface area (Å²) < 4.78 is 26.3. The van der Waals surface area contributed by atoms with Crippen LogP contribution in [0.1, 0.15) is 131 Å². The number of halogens is 1. The molecule has 322 valence electrons. The van der Waals surface area contributed by atoms with Gasteiger partial charge in [0.1, 0.15) is 18.1 Å². The van der Waals surface area contributed by atoms with Crippen LogP contribution < -0.4 is 5.32 Å². The number of hydrogen-bond acceptors (Lipinski definition) is 8. The number of carbonyl (C=O) groups excluding carboxylic acids is 2. The van der Waals surface area contributed by atoms with Gasteiger partial charge >= 0.3 is 0 Å². The summed E-state index contributed by atoms with van der Waals surface area (Å²) in [4.78, 5) is 51.0. The summed E-state index contributed by atoms with van der Waals surface area (Å²) in [5.74, 6) is 0.130. The highest BCUT2D eigenvalue weighted by molar-refractivity contribution is 6.01. The number of methoxy groups -OCH3 is 2. The number of ketones is 1. The number of fused-ring (bicyclic) bond motifs is 2. The quantitative estimate of drug-likeness (QED) is 0.108. The van der Waals surface area contributed by atoms with Gasteiger partial charge in [-0.05, 0) is 96.4 Å². The molecule has 0 radical (unpaired) electrons. The van der Waals surface area contributed by atoms with Crippen LogP contribution in [0.25, 0.3) is 33.5 Å². The lowest BCUT2D eigenvalue weighted by atomic mass is 9.74. The van der Waals surface area contributed by atoms with Crippen molar-refractivity contribution in [3.05, 3.63) is 60.2 Å². The molecule has 10 nitrogen and oxygen atoms in total. The summed E-state index contributed by atoms with van der Waals surface area (Å²) in [6.45, 7) is 18.2. The molecule has 2 N–H and O–H groups in total. The number of ether oxygens (including phenoxy) is 2.